The minimum atomic E-state index is -2.05. The number of carbonyl (C=O) groups excluding carboxylic acids is 2. The van der Waals surface area contributed by atoms with E-state index >= 15 is 0 Å². The molecular formula is C25H39N5O5SSi. The Morgan fingerprint density at radius 1 is 1.08 bits per heavy atom. The number of nitrogens with one attached hydrogen (secondary N) is 3. The van der Waals surface area contributed by atoms with Crippen LogP contribution in [-0.4, -0.2) is 68.6 Å². The van der Waals surface area contributed by atoms with Gasteiger partial charge in [0.15, 0.2) is 6.17 Å². The zero-order chi connectivity index (χ0) is 27.1. The van der Waals surface area contributed by atoms with Gasteiger partial charge in [-0.1, -0.05) is 20.8 Å². The van der Waals surface area contributed by atoms with Crippen molar-refractivity contribution in [3.05, 3.63) is 23.8 Å². The number of hydrogen-bond donors (Lipinski definition) is 3. The molecule has 0 aromatic heterocycles. The quantitative estimate of drug-likeness (QED) is 0.208. The van der Waals surface area contributed by atoms with Crippen LogP contribution in [-0.2, 0) is 9.47 Å². The maximum Gasteiger partial charge on any atom is 0.412 e. The van der Waals surface area contributed by atoms with Crippen molar-refractivity contribution in [3.63, 3.8) is 0 Å². The van der Waals surface area contributed by atoms with Crippen LogP contribution < -0.4 is 20.4 Å². The van der Waals surface area contributed by atoms with Gasteiger partial charge in [-0.05, 0) is 57.1 Å². The van der Waals surface area contributed by atoms with Crippen molar-refractivity contribution in [2.75, 3.05) is 17.7 Å². The fourth-order valence-electron chi connectivity index (χ4n) is 4.07. The Hall–Kier alpha value is -2.73. The van der Waals surface area contributed by atoms with Crippen LogP contribution in [0.25, 0.3) is 0 Å². The molecule has 2 heterocycles. The van der Waals surface area contributed by atoms with E-state index in [-0.39, 0.29) is 24.2 Å². The standard InChI is InChI=1S/C25H39N5O5SSi/c1-7-37(8-2,9-3)35-19-11-10-17(30-24(32)34-25(4,5)6)14-18(19)23(31)33-12-13-36-22-20-21(27-15-26-20)28-16-29-22/h10-11,14-16,20-22H,7-9,12-13H2,1-6H3,(H,26,27)(H,28,29)(H,30,32). The SMILES string of the molecule is CC[Si](CC)(CC)Oc1ccc(NC(=O)OC(C)(C)C)cc1C(=O)OCCSC1NC=NC2N=CNC21. The van der Waals surface area contributed by atoms with Crippen LogP contribution in [0, 0.1) is 0 Å². The van der Waals surface area contributed by atoms with E-state index in [1.54, 1.807) is 63.4 Å². The van der Waals surface area contributed by atoms with Gasteiger partial charge in [0.2, 0.25) is 0 Å². The molecule has 0 radical (unpaired) electrons. The van der Waals surface area contributed by atoms with E-state index < -0.39 is 26.0 Å². The second-order valence-corrected chi connectivity index (χ2v) is 15.9. The molecule has 10 nitrogen and oxygen atoms in total. The molecule has 2 aliphatic rings. The van der Waals surface area contributed by atoms with Crippen LogP contribution in [0.5, 0.6) is 5.75 Å². The topological polar surface area (TPSA) is 123 Å². The van der Waals surface area contributed by atoms with Gasteiger partial charge in [-0.25, -0.2) is 19.6 Å². The Morgan fingerprint density at radius 2 is 1.76 bits per heavy atom. The molecular weight excluding hydrogens is 510 g/mol. The second-order valence-electron chi connectivity index (χ2n) is 9.94. The van der Waals surface area contributed by atoms with Crippen LogP contribution in [0.1, 0.15) is 51.9 Å². The van der Waals surface area contributed by atoms with Crippen molar-refractivity contribution in [3.8, 4) is 5.75 Å². The number of ether oxygens (including phenoxy) is 2. The highest BCUT2D eigenvalue weighted by molar-refractivity contribution is 7.99. The fourth-order valence-corrected chi connectivity index (χ4v) is 7.67. The van der Waals surface area contributed by atoms with Crippen molar-refractivity contribution in [1.82, 2.24) is 10.6 Å². The number of rotatable bonds is 11. The van der Waals surface area contributed by atoms with Crippen LogP contribution in [0.2, 0.25) is 18.1 Å². The molecule has 1 aromatic rings. The molecule has 37 heavy (non-hydrogen) atoms. The minimum absolute atomic E-state index is 0.0641. The van der Waals surface area contributed by atoms with Crippen molar-refractivity contribution < 1.29 is 23.5 Å². The Balaban J connectivity index is 1.69. The minimum Gasteiger partial charge on any atom is -0.543 e. The van der Waals surface area contributed by atoms with Gasteiger partial charge in [0, 0.05) is 11.4 Å². The molecule has 0 spiro atoms. The van der Waals surface area contributed by atoms with Crippen LogP contribution in [0.4, 0.5) is 10.5 Å². The molecule has 12 heteroatoms. The van der Waals surface area contributed by atoms with Gasteiger partial charge in [-0.15, -0.1) is 11.8 Å². The summed E-state index contributed by atoms with van der Waals surface area (Å²) in [4.78, 5) is 34.1. The Morgan fingerprint density at radius 3 is 2.41 bits per heavy atom. The molecule has 2 aliphatic heterocycles. The fraction of sp³-hybridized carbons (Fsp3) is 0.600. The number of hydrogen-bond acceptors (Lipinski definition) is 10. The number of carbonyl (C=O) groups is 2. The number of nitrogens with zero attached hydrogens (tertiary/aromatic N) is 2. The summed E-state index contributed by atoms with van der Waals surface area (Å²) in [6.07, 6.45) is 2.64. The Kier molecular flexibility index (Phi) is 9.88. The van der Waals surface area contributed by atoms with Crippen molar-refractivity contribution in [2.24, 2.45) is 9.98 Å². The van der Waals surface area contributed by atoms with E-state index in [1.807, 2.05) is 0 Å². The van der Waals surface area contributed by atoms with E-state index in [4.69, 9.17) is 13.9 Å². The molecule has 1 aromatic carbocycles. The van der Waals surface area contributed by atoms with Crippen molar-refractivity contribution in [1.29, 1.82) is 0 Å². The van der Waals surface area contributed by atoms with E-state index in [0.717, 1.165) is 18.1 Å². The molecule has 3 atom stereocenters. The lowest BCUT2D eigenvalue weighted by molar-refractivity contribution is 0.0526. The van der Waals surface area contributed by atoms with Gasteiger partial charge < -0.3 is 24.5 Å². The molecule has 0 saturated heterocycles. The molecule has 3 unspecified atom stereocenters. The summed E-state index contributed by atoms with van der Waals surface area (Å²) in [5.41, 5.74) is 0.0868. The largest absolute Gasteiger partial charge is 0.543 e. The lowest BCUT2D eigenvalue weighted by Crippen LogP contribution is -2.51. The first-order valence-electron chi connectivity index (χ1n) is 12.8. The third kappa shape index (κ3) is 7.87. The third-order valence-corrected chi connectivity index (χ3v) is 12.0. The Bertz CT molecular complexity index is 1000. The van der Waals surface area contributed by atoms with Crippen molar-refractivity contribution in [2.45, 2.75) is 82.9 Å². The highest BCUT2D eigenvalue weighted by Gasteiger charge is 2.34. The van der Waals surface area contributed by atoms with E-state index in [1.165, 1.54) is 0 Å². The summed E-state index contributed by atoms with van der Waals surface area (Å²) in [5.74, 6) is 0.587. The molecule has 3 rings (SSSR count). The Labute approximate surface area is 224 Å². The van der Waals surface area contributed by atoms with Crippen LogP contribution in [0.15, 0.2) is 28.2 Å². The van der Waals surface area contributed by atoms with E-state index in [0.29, 0.717) is 22.8 Å². The summed E-state index contributed by atoms with van der Waals surface area (Å²) < 4.78 is 17.5. The number of thioether (sulfide) groups is 1. The normalized spacial score (nSPS) is 20.4. The van der Waals surface area contributed by atoms with Gasteiger partial charge in [-0.2, -0.15) is 0 Å². The molecule has 0 bridgehead atoms. The van der Waals surface area contributed by atoms with E-state index in [9.17, 15) is 9.59 Å². The van der Waals surface area contributed by atoms with Crippen molar-refractivity contribution >= 4 is 50.5 Å². The average Bonchev–Trinajstić information content (AvgIpc) is 3.34. The number of anilines is 1. The van der Waals surface area contributed by atoms with Gasteiger partial charge >= 0.3 is 12.1 Å². The summed E-state index contributed by atoms with van der Waals surface area (Å²) in [6, 6.07) is 7.91. The monoisotopic (exact) mass is 549 g/mol. The maximum absolute atomic E-state index is 13.2. The lowest BCUT2D eigenvalue weighted by atomic mass is 10.2. The first kappa shape index (κ1) is 28.8. The molecule has 204 valence electrons. The number of fused-ring (bicyclic) bond motifs is 1. The van der Waals surface area contributed by atoms with Gasteiger partial charge in [0.05, 0.1) is 24.1 Å². The predicted molar refractivity (Wildman–Crippen MR) is 151 cm³/mol. The lowest BCUT2D eigenvalue weighted by Gasteiger charge is -2.30. The van der Waals surface area contributed by atoms with Crippen LogP contribution >= 0.6 is 11.8 Å². The van der Waals surface area contributed by atoms with Crippen LogP contribution in [0.3, 0.4) is 0 Å². The second kappa shape index (κ2) is 12.7. The zero-order valence-corrected chi connectivity index (χ0v) is 24.3. The molecule has 3 N–H and O–H groups in total. The number of esters is 1. The van der Waals surface area contributed by atoms with Gasteiger partial charge in [0.25, 0.3) is 8.32 Å². The molecule has 0 fully saturated rings. The predicted octanol–water partition coefficient (Wildman–Crippen LogP) is 4.59. The highest BCUT2D eigenvalue weighted by atomic mass is 32.2. The van der Waals surface area contributed by atoms with Gasteiger partial charge in [-0.3, -0.25) is 5.32 Å². The summed E-state index contributed by atoms with van der Waals surface area (Å²) in [5, 5.41) is 9.20. The molecule has 1 amide bonds. The number of amides is 1. The van der Waals surface area contributed by atoms with E-state index in [2.05, 4.69) is 46.7 Å². The van der Waals surface area contributed by atoms with Gasteiger partial charge in [0.1, 0.15) is 23.5 Å². The third-order valence-electron chi connectivity index (χ3n) is 6.33. The molecule has 0 aliphatic carbocycles. The zero-order valence-electron chi connectivity index (χ0n) is 22.5. The smallest absolute Gasteiger partial charge is 0.412 e. The first-order valence-corrected chi connectivity index (χ1v) is 16.3. The maximum atomic E-state index is 13.2. The number of aliphatic imine (C=N–C) groups is 2. The highest BCUT2D eigenvalue weighted by Crippen LogP contribution is 2.31. The number of benzene rings is 1. The average molecular weight is 550 g/mol. The summed E-state index contributed by atoms with van der Waals surface area (Å²) in [7, 11) is -2.05. The summed E-state index contributed by atoms with van der Waals surface area (Å²) in [6.45, 7) is 12.0. The first-order chi connectivity index (χ1) is 17.6. The summed E-state index contributed by atoms with van der Waals surface area (Å²) >= 11 is 1.63. The molecule has 0 saturated carbocycles.